The van der Waals surface area contributed by atoms with Crippen molar-refractivity contribution < 1.29 is 23.8 Å². The van der Waals surface area contributed by atoms with Gasteiger partial charge in [-0.1, -0.05) is 17.4 Å². The first-order valence-corrected chi connectivity index (χ1v) is 15.6. The van der Waals surface area contributed by atoms with Crippen molar-refractivity contribution in [3.63, 3.8) is 0 Å². The molecule has 9 nitrogen and oxygen atoms in total. The van der Waals surface area contributed by atoms with Crippen LogP contribution in [0, 0.1) is 5.82 Å². The number of ether oxygens (including phenoxy) is 1. The third-order valence-corrected chi connectivity index (χ3v) is 9.45. The van der Waals surface area contributed by atoms with Crippen LogP contribution in [0.5, 0.6) is 0 Å². The van der Waals surface area contributed by atoms with Gasteiger partial charge in [0.05, 0.1) is 21.5 Å². The van der Waals surface area contributed by atoms with E-state index in [1.165, 1.54) is 17.4 Å². The van der Waals surface area contributed by atoms with Gasteiger partial charge in [-0.25, -0.2) is 14.2 Å². The second kappa shape index (κ2) is 11.2. The van der Waals surface area contributed by atoms with Crippen molar-refractivity contribution in [2.45, 2.75) is 63.7 Å². The number of aliphatic hydroxyl groups is 1. The van der Waals surface area contributed by atoms with Crippen molar-refractivity contribution in [1.82, 2.24) is 24.5 Å². The van der Waals surface area contributed by atoms with E-state index in [1.807, 2.05) is 43.4 Å². The maximum atomic E-state index is 15.5. The third-order valence-electron chi connectivity index (χ3n) is 8.43. The minimum absolute atomic E-state index is 0.0671. The molecule has 0 aliphatic carbocycles. The number of piperidine rings is 2. The van der Waals surface area contributed by atoms with Gasteiger partial charge in [0.1, 0.15) is 11.4 Å². The van der Waals surface area contributed by atoms with Crippen LogP contribution in [0.3, 0.4) is 0 Å². The highest BCUT2D eigenvalue weighted by molar-refractivity contribution is 7.23. The number of thiazole rings is 1. The molecule has 2 fully saturated rings. The van der Waals surface area contributed by atoms with Crippen molar-refractivity contribution >= 4 is 38.5 Å². The molecule has 2 N–H and O–H groups in total. The number of nitrogens with zero attached hydrogens (tertiary/aromatic N) is 4. The van der Waals surface area contributed by atoms with Gasteiger partial charge in [-0.3, -0.25) is 9.20 Å². The van der Waals surface area contributed by atoms with Crippen LogP contribution < -0.4 is 5.32 Å². The summed E-state index contributed by atoms with van der Waals surface area (Å²) < 4.78 is 23.8. The van der Waals surface area contributed by atoms with Crippen molar-refractivity contribution in [3.8, 4) is 11.3 Å². The maximum absolute atomic E-state index is 15.5. The second-order valence-electron chi connectivity index (χ2n) is 12.8. The van der Waals surface area contributed by atoms with Gasteiger partial charge in [0.2, 0.25) is 0 Å². The predicted octanol–water partition coefficient (Wildman–Crippen LogP) is 5.40. The van der Waals surface area contributed by atoms with Gasteiger partial charge in [0, 0.05) is 36.5 Å². The van der Waals surface area contributed by atoms with E-state index in [2.05, 4.69) is 22.2 Å². The molecule has 0 spiro atoms. The van der Waals surface area contributed by atoms with E-state index in [-0.39, 0.29) is 24.8 Å². The minimum atomic E-state index is -1.24. The fourth-order valence-corrected chi connectivity index (χ4v) is 6.93. The van der Waals surface area contributed by atoms with Crippen LogP contribution in [0.4, 0.5) is 9.18 Å². The minimum Gasteiger partial charge on any atom is -0.444 e. The SMILES string of the molecule is CN1CCC(NC(=O)c2ccc3c(c2)sc2nc(-c4ccc(C5(O)CCN(C(=O)OC(C)(C)C)CC5)cc4F)cn23)CC1. The second-order valence-corrected chi connectivity index (χ2v) is 13.8. The van der Waals surface area contributed by atoms with Crippen LogP contribution in [0.2, 0.25) is 0 Å². The average Bonchev–Trinajstić information content (AvgIpc) is 3.51. The Hall–Kier alpha value is -3.54. The number of aromatic nitrogens is 2. The van der Waals surface area contributed by atoms with Gasteiger partial charge in [-0.15, -0.1) is 0 Å². The Morgan fingerprint density at radius 1 is 1.09 bits per heavy atom. The number of hydrogen-bond acceptors (Lipinski definition) is 7. The molecule has 2 amide bonds. The lowest BCUT2D eigenvalue weighted by molar-refractivity contribution is -0.0358. The summed E-state index contributed by atoms with van der Waals surface area (Å²) >= 11 is 1.45. The van der Waals surface area contributed by atoms with Gasteiger partial charge in [0.15, 0.2) is 4.96 Å². The summed E-state index contributed by atoms with van der Waals surface area (Å²) in [5, 5.41) is 14.5. The van der Waals surface area contributed by atoms with Crippen molar-refractivity contribution in [3.05, 3.63) is 59.5 Å². The molecule has 6 rings (SSSR count). The first-order chi connectivity index (χ1) is 20.4. The van der Waals surface area contributed by atoms with E-state index in [0.717, 1.165) is 36.1 Å². The van der Waals surface area contributed by atoms with Gasteiger partial charge < -0.3 is 25.0 Å². The molecule has 4 aromatic rings. The monoisotopic (exact) mass is 607 g/mol. The smallest absolute Gasteiger partial charge is 0.410 e. The van der Waals surface area contributed by atoms with Crippen molar-refractivity contribution in [2.75, 3.05) is 33.2 Å². The number of imidazole rings is 1. The van der Waals surface area contributed by atoms with Crippen LogP contribution >= 0.6 is 11.3 Å². The van der Waals surface area contributed by atoms with Crippen LogP contribution in [0.15, 0.2) is 42.6 Å². The van der Waals surface area contributed by atoms with Crippen LogP contribution in [0.1, 0.15) is 62.4 Å². The molecule has 228 valence electrons. The van der Waals surface area contributed by atoms with Gasteiger partial charge in [-0.05, 0) is 102 Å². The number of hydrogen-bond donors (Lipinski definition) is 2. The van der Waals surface area contributed by atoms with Crippen LogP contribution in [-0.4, -0.2) is 81.2 Å². The first-order valence-electron chi connectivity index (χ1n) is 14.8. The lowest BCUT2D eigenvalue weighted by atomic mass is 9.84. The predicted molar refractivity (Wildman–Crippen MR) is 165 cm³/mol. The zero-order valence-electron chi connectivity index (χ0n) is 25.0. The number of likely N-dealkylation sites (tertiary alicyclic amines) is 2. The average molecular weight is 608 g/mol. The fraction of sp³-hybridized carbons (Fsp3) is 0.469. The molecule has 4 heterocycles. The summed E-state index contributed by atoms with van der Waals surface area (Å²) in [6.45, 7) is 8.05. The Balaban J connectivity index is 1.16. The number of benzene rings is 2. The molecule has 11 heteroatoms. The quantitative estimate of drug-likeness (QED) is 0.323. The van der Waals surface area contributed by atoms with Crippen LogP contribution in [0.25, 0.3) is 26.4 Å². The number of carbonyl (C=O) groups excluding carboxylic acids is 2. The highest BCUT2D eigenvalue weighted by atomic mass is 32.1. The molecule has 2 aliphatic heterocycles. The third kappa shape index (κ3) is 6.11. The summed E-state index contributed by atoms with van der Waals surface area (Å²) in [4.78, 5) is 34.6. The Morgan fingerprint density at radius 3 is 2.49 bits per heavy atom. The lowest BCUT2D eigenvalue weighted by Crippen LogP contribution is -2.46. The first kappa shape index (κ1) is 29.5. The zero-order valence-corrected chi connectivity index (χ0v) is 25.8. The Morgan fingerprint density at radius 2 is 1.81 bits per heavy atom. The molecule has 2 aliphatic rings. The number of carbonyl (C=O) groups is 2. The molecule has 2 aromatic carbocycles. The van der Waals surface area contributed by atoms with E-state index in [0.29, 0.717) is 40.4 Å². The highest BCUT2D eigenvalue weighted by Crippen LogP contribution is 2.36. The number of halogens is 1. The van der Waals surface area contributed by atoms with Crippen molar-refractivity contribution in [1.29, 1.82) is 0 Å². The number of rotatable bonds is 4. The largest absolute Gasteiger partial charge is 0.444 e. The number of fused-ring (bicyclic) bond motifs is 3. The Labute approximate surface area is 254 Å². The standard InChI is InChI=1S/C32H38FN5O4S/c1-31(2,3)42-30(40)37-15-11-32(41,12-16-37)21-6-7-23(24(33)18-21)25-19-38-26-8-5-20(17-27(26)43-29(38)35-25)28(39)34-22-9-13-36(4)14-10-22/h5-8,17-19,22,41H,9-16H2,1-4H3,(H,34,39). The van der Waals surface area contributed by atoms with E-state index in [1.54, 1.807) is 23.2 Å². The molecule has 0 bridgehead atoms. The van der Waals surface area contributed by atoms with Crippen molar-refractivity contribution in [2.24, 2.45) is 0 Å². The molecule has 43 heavy (non-hydrogen) atoms. The summed E-state index contributed by atoms with van der Waals surface area (Å²) in [6, 6.07) is 10.6. The number of nitrogens with one attached hydrogen (secondary N) is 1. The Bertz CT molecular complexity index is 1680. The summed E-state index contributed by atoms with van der Waals surface area (Å²) in [6.07, 6.45) is 3.87. The molecular formula is C32H38FN5O4S. The molecule has 0 saturated carbocycles. The number of amides is 2. The molecule has 0 unspecified atom stereocenters. The topological polar surface area (TPSA) is 99.4 Å². The Kier molecular flexibility index (Phi) is 7.68. The van der Waals surface area contributed by atoms with Gasteiger partial charge in [0.25, 0.3) is 5.91 Å². The molecule has 2 aromatic heterocycles. The highest BCUT2D eigenvalue weighted by Gasteiger charge is 2.37. The van der Waals surface area contributed by atoms with E-state index < -0.39 is 23.1 Å². The summed E-state index contributed by atoms with van der Waals surface area (Å²) in [7, 11) is 2.10. The van der Waals surface area contributed by atoms with E-state index >= 15 is 4.39 Å². The molecule has 2 saturated heterocycles. The van der Waals surface area contributed by atoms with E-state index in [4.69, 9.17) is 4.74 Å². The molecule has 0 atom stereocenters. The maximum Gasteiger partial charge on any atom is 0.410 e. The normalized spacial score (nSPS) is 18.3. The molecular weight excluding hydrogens is 569 g/mol. The summed E-state index contributed by atoms with van der Waals surface area (Å²) in [5.41, 5.74) is 1.01. The van der Waals surface area contributed by atoms with E-state index in [9.17, 15) is 14.7 Å². The van der Waals surface area contributed by atoms with Crippen LogP contribution in [-0.2, 0) is 10.3 Å². The molecule has 0 radical (unpaired) electrons. The lowest BCUT2D eigenvalue weighted by Gasteiger charge is -2.39. The van der Waals surface area contributed by atoms with Gasteiger partial charge in [-0.2, -0.15) is 0 Å². The van der Waals surface area contributed by atoms with Gasteiger partial charge >= 0.3 is 6.09 Å². The summed E-state index contributed by atoms with van der Waals surface area (Å²) in [5.74, 6) is -0.536. The zero-order chi connectivity index (χ0) is 30.5. The fourth-order valence-electron chi connectivity index (χ4n) is 5.88.